The number of aryl methyl sites for hydroxylation is 3. The van der Waals surface area contributed by atoms with Crippen LogP contribution in [-0.4, -0.2) is 36.9 Å². The molecule has 0 saturated carbocycles. The van der Waals surface area contributed by atoms with Gasteiger partial charge >= 0.3 is 5.82 Å². The zero-order valence-corrected chi connectivity index (χ0v) is 15.3. The van der Waals surface area contributed by atoms with Crippen LogP contribution in [0, 0.1) is 30.9 Å². The summed E-state index contributed by atoms with van der Waals surface area (Å²) < 4.78 is 4.26. The van der Waals surface area contributed by atoms with Crippen molar-refractivity contribution in [2.24, 2.45) is 0 Å². The summed E-state index contributed by atoms with van der Waals surface area (Å²) in [4.78, 5) is 22.0. The smallest absolute Gasteiger partial charge is 0.358 e. The lowest BCUT2D eigenvalue weighted by Gasteiger charge is -2.06. The molecule has 1 amide bonds. The normalized spacial score (nSPS) is 10.8. The van der Waals surface area contributed by atoms with Gasteiger partial charge < -0.3 is 15.4 Å². The van der Waals surface area contributed by atoms with Crippen LogP contribution in [0.5, 0.6) is 0 Å². The quantitative estimate of drug-likeness (QED) is 0.565. The molecular weight excluding hydrogens is 380 g/mol. The summed E-state index contributed by atoms with van der Waals surface area (Å²) in [6, 6.07) is 1.41. The molecule has 0 aromatic carbocycles. The standard InChI is InChI=1S/C14H19BrN6O3/c1-9-8-12(21(23)24)18-19(9)7-5-16-13(22)4-6-20-11(3)14(15)10(2)17-20/h8H,4-7H2,1-3H3,(H,16,22). The molecule has 0 atom stereocenters. The van der Waals surface area contributed by atoms with Crippen LogP contribution < -0.4 is 5.32 Å². The van der Waals surface area contributed by atoms with E-state index in [2.05, 4.69) is 31.4 Å². The number of rotatable bonds is 7. The van der Waals surface area contributed by atoms with Crippen LogP contribution in [0.2, 0.25) is 0 Å². The summed E-state index contributed by atoms with van der Waals surface area (Å²) in [5.74, 6) is -0.285. The molecule has 2 rings (SSSR count). The number of aromatic nitrogens is 4. The van der Waals surface area contributed by atoms with Crippen molar-refractivity contribution in [3.63, 3.8) is 0 Å². The third kappa shape index (κ3) is 4.19. The fourth-order valence-corrected chi connectivity index (χ4v) is 2.58. The summed E-state index contributed by atoms with van der Waals surface area (Å²) in [6.07, 6.45) is 0.312. The van der Waals surface area contributed by atoms with E-state index in [1.54, 1.807) is 11.6 Å². The van der Waals surface area contributed by atoms with Gasteiger partial charge in [-0.05, 0) is 41.6 Å². The Morgan fingerprint density at radius 3 is 2.54 bits per heavy atom. The van der Waals surface area contributed by atoms with E-state index in [0.717, 1.165) is 15.9 Å². The predicted molar refractivity (Wildman–Crippen MR) is 90.6 cm³/mol. The van der Waals surface area contributed by atoms with Gasteiger partial charge in [-0.1, -0.05) is 0 Å². The Morgan fingerprint density at radius 2 is 2.00 bits per heavy atom. The third-order valence-electron chi connectivity index (χ3n) is 3.64. The number of carbonyl (C=O) groups excluding carboxylic acids is 1. The van der Waals surface area contributed by atoms with Crippen LogP contribution >= 0.6 is 15.9 Å². The minimum Gasteiger partial charge on any atom is -0.358 e. The fraction of sp³-hybridized carbons (Fsp3) is 0.500. The number of halogens is 1. The largest absolute Gasteiger partial charge is 0.390 e. The Labute approximate surface area is 147 Å². The average Bonchev–Trinajstić information content (AvgIpc) is 3.01. The second kappa shape index (κ2) is 7.56. The Morgan fingerprint density at radius 1 is 1.29 bits per heavy atom. The lowest BCUT2D eigenvalue weighted by molar-refractivity contribution is -0.389. The summed E-state index contributed by atoms with van der Waals surface area (Å²) in [5, 5.41) is 21.7. The van der Waals surface area contributed by atoms with E-state index in [1.807, 2.05) is 13.8 Å². The van der Waals surface area contributed by atoms with E-state index < -0.39 is 4.92 Å². The maximum absolute atomic E-state index is 11.9. The van der Waals surface area contributed by atoms with Crippen LogP contribution in [0.4, 0.5) is 5.82 Å². The lowest BCUT2D eigenvalue weighted by Crippen LogP contribution is -2.28. The Balaban J connectivity index is 1.79. The summed E-state index contributed by atoms with van der Waals surface area (Å²) in [6.45, 7) is 6.82. The van der Waals surface area contributed by atoms with Crippen molar-refractivity contribution < 1.29 is 9.72 Å². The highest BCUT2D eigenvalue weighted by molar-refractivity contribution is 9.10. The first kappa shape index (κ1) is 18.1. The van der Waals surface area contributed by atoms with Gasteiger partial charge in [-0.2, -0.15) is 9.78 Å². The van der Waals surface area contributed by atoms with Crippen LogP contribution in [0.3, 0.4) is 0 Å². The minimum atomic E-state index is -0.533. The molecule has 9 nitrogen and oxygen atoms in total. The molecule has 0 saturated heterocycles. The number of hydrogen-bond acceptors (Lipinski definition) is 5. The number of amides is 1. The number of nitrogens with zero attached hydrogens (tertiary/aromatic N) is 5. The van der Waals surface area contributed by atoms with E-state index in [0.29, 0.717) is 31.7 Å². The fourth-order valence-electron chi connectivity index (χ4n) is 2.30. The molecule has 0 spiro atoms. The van der Waals surface area contributed by atoms with Gasteiger partial charge in [0.25, 0.3) is 0 Å². The highest BCUT2D eigenvalue weighted by atomic mass is 79.9. The number of nitro groups is 1. The molecule has 0 aliphatic rings. The molecule has 1 N–H and O–H groups in total. The number of nitrogens with one attached hydrogen (secondary N) is 1. The van der Waals surface area contributed by atoms with E-state index >= 15 is 0 Å². The first-order chi connectivity index (χ1) is 11.3. The van der Waals surface area contributed by atoms with Crippen LogP contribution in [-0.2, 0) is 17.9 Å². The summed E-state index contributed by atoms with van der Waals surface area (Å²) in [7, 11) is 0. The Kier molecular flexibility index (Phi) is 5.71. The van der Waals surface area contributed by atoms with E-state index in [-0.39, 0.29) is 11.7 Å². The monoisotopic (exact) mass is 398 g/mol. The van der Waals surface area contributed by atoms with Crippen LogP contribution in [0.15, 0.2) is 10.5 Å². The first-order valence-corrected chi connectivity index (χ1v) is 8.24. The van der Waals surface area contributed by atoms with E-state index in [4.69, 9.17) is 0 Å². The predicted octanol–water partition coefficient (Wildman–Crippen LogP) is 1.88. The van der Waals surface area contributed by atoms with E-state index in [1.165, 1.54) is 10.7 Å². The maximum Gasteiger partial charge on any atom is 0.390 e. The van der Waals surface area contributed by atoms with Gasteiger partial charge in [0, 0.05) is 18.7 Å². The molecule has 2 aromatic rings. The zero-order chi connectivity index (χ0) is 17.9. The molecule has 0 unspecified atom stereocenters. The molecule has 10 heteroatoms. The van der Waals surface area contributed by atoms with Crippen molar-refractivity contribution in [3.8, 4) is 0 Å². The highest BCUT2D eigenvalue weighted by Gasteiger charge is 2.15. The van der Waals surface area contributed by atoms with Gasteiger partial charge in [-0.3, -0.25) is 9.48 Å². The van der Waals surface area contributed by atoms with Crippen LogP contribution in [0.25, 0.3) is 0 Å². The summed E-state index contributed by atoms with van der Waals surface area (Å²) >= 11 is 3.45. The van der Waals surface area contributed by atoms with Crippen molar-refractivity contribution in [2.45, 2.75) is 40.3 Å². The topological polar surface area (TPSA) is 108 Å². The first-order valence-electron chi connectivity index (χ1n) is 7.44. The molecule has 24 heavy (non-hydrogen) atoms. The average molecular weight is 399 g/mol. The minimum absolute atomic E-state index is 0.0991. The van der Waals surface area contributed by atoms with Gasteiger partial charge in [0.05, 0.1) is 40.1 Å². The molecule has 2 heterocycles. The van der Waals surface area contributed by atoms with E-state index in [9.17, 15) is 14.9 Å². The lowest BCUT2D eigenvalue weighted by atomic mass is 10.3. The second-order valence-corrected chi connectivity index (χ2v) is 6.23. The van der Waals surface area contributed by atoms with Gasteiger partial charge in [-0.15, -0.1) is 0 Å². The molecule has 0 aliphatic heterocycles. The van der Waals surface area contributed by atoms with Crippen molar-refractivity contribution in [1.82, 2.24) is 24.9 Å². The highest BCUT2D eigenvalue weighted by Crippen LogP contribution is 2.19. The molecule has 2 aromatic heterocycles. The molecule has 0 aliphatic carbocycles. The van der Waals surface area contributed by atoms with Gasteiger partial charge in [0.2, 0.25) is 5.91 Å². The van der Waals surface area contributed by atoms with Gasteiger partial charge in [0.15, 0.2) is 0 Å². The SMILES string of the molecule is Cc1nn(CCC(=O)NCCn2nc([N+](=O)[O-])cc2C)c(C)c1Br. The third-order valence-corrected chi connectivity index (χ3v) is 4.79. The summed E-state index contributed by atoms with van der Waals surface area (Å²) in [5.41, 5.74) is 2.56. The second-order valence-electron chi connectivity index (χ2n) is 5.43. The Hall–Kier alpha value is -2.23. The maximum atomic E-state index is 11.9. The molecule has 0 fully saturated rings. The molecule has 130 valence electrons. The van der Waals surface area contributed by atoms with Gasteiger partial charge in [-0.25, -0.2) is 0 Å². The van der Waals surface area contributed by atoms with Crippen molar-refractivity contribution >= 4 is 27.7 Å². The van der Waals surface area contributed by atoms with Crippen molar-refractivity contribution in [3.05, 3.63) is 37.7 Å². The molecular formula is C14H19BrN6O3. The van der Waals surface area contributed by atoms with Crippen molar-refractivity contribution in [2.75, 3.05) is 6.54 Å². The van der Waals surface area contributed by atoms with Crippen LogP contribution in [0.1, 0.15) is 23.5 Å². The molecule has 0 radical (unpaired) electrons. The number of carbonyl (C=O) groups is 1. The van der Waals surface area contributed by atoms with Crippen molar-refractivity contribution in [1.29, 1.82) is 0 Å². The number of hydrogen-bond donors (Lipinski definition) is 1. The zero-order valence-electron chi connectivity index (χ0n) is 13.7. The van der Waals surface area contributed by atoms with Gasteiger partial charge in [0.1, 0.15) is 0 Å². The molecule has 0 bridgehead atoms. The Bertz CT molecular complexity index is 767.